The van der Waals surface area contributed by atoms with E-state index in [-0.39, 0.29) is 12.2 Å². The maximum absolute atomic E-state index is 12.0. The molecule has 0 aliphatic rings. The van der Waals surface area contributed by atoms with Crippen LogP contribution >= 0.6 is 0 Å². The van der Waals surface area contributed by atoms with E-state index < -0.39 is 28.6 Å². The maximum atomic E-state index is 12.0. The highest BCUT2D eigenvalue weighted by Gasteiger charge is 2.34. The number of ether oxygens (including phenoxy) is 1. The van der Waals surface area contributed by atoms with Gasteiger partial charge >= 0.3 is 12.0 Å². The third-order valence-electron chi connectivity index (χ3n) is 2.10. The first-order chi connectivity index (χ1) is 8.24. The fraction of sp³-hybridized carbons (Fsp3) is 0.300. The molecule has 0 saturated carbocycles. The molecule has 0 aromatic heterocycles. The van der Waals surface area contributed by atoms with Crippen molar-refractivity contribution in [3.05, 3.63) is 40.8 Å². The first-order valence-electron chi connectivity index (χ1n) is 4.72. The summed E-state index contributed by atoms with van der Waals surface area (Å²) in [5, 5.41) is 19.5. The van der Waals surface area contributed by atoms with Crippen LogP contribution in [-0.2, 0) is 0 Å². The van der Waals surface area contributed by atoms with Crippen molar-refractivity contribution in [3.8, 4) is 5.75 Å². The second-order valence-electron chi connectivity index (χ2n) is 3.41. The zero-order valence-corrected chi connectivity index (χ0v) is 8.98. The molecule has 1 radical (unpaired) electrons. The fourth-order valence-electron chi connectivity index (χ4n) is 1.25. The monoisotopic (exact) mass is 264 g/mol. The van der Waals surface area contributed by atoms with Crippen LogP contribution in [-0.4, -0.2) is 23.0 Å². The van der Waals surface area contributed by atoms with Gasteiger partial charge in [0.25, 0.3) is 0 Å². The Hall–Kier alpha value is -1.83. The SMILES string of the molecule is [CH2]C(CO)c1ccc(OC(F)(F)F)c([N+](=O)[O-])c1. The van der Waals surface area contributed by atoms with Gasteiger partial charge in [-0.15, -0.1) is 13.2 Å². The molecule has 18 heavy (non-hydrogen) atoms. The maximum Gasteiger partial charge on any atom is 0.573 e. The van der Waals surface area contributed by atoms with E-state index in [2.05, 4.69) is 11.7 Å². The summed E-state index contributed by atoms with van der Waals surface area (Å²) in [5.74, 6) is -1.56. The molecule has 1 unspecified atom stereocenters. The van der Waals surface area contributed by atoms with E-state index >= 15 is 0 Å². The number of benzene rings is 1. The molecule has 1 N–H and O–H groups in total. The molecule has 1 atom stereocenters. The lowest BCUT2D eigenvalue weighted by atomic mass is 10.0. The average molecular weight is 264 g/mol. The molecule has 0 heterocycles. The number of halogens is 3. The zero-order valence-electron chi connectivity index (χ0n) is 8.98. The average Bonchev–Trinajstić information content (AvgIpc) is 2.26. The number of hydrogen-bond acceptors (Lipinski definition) is 4. The third kappa shape index (κ3) is 3.59. The molecule has 0 aliphatic carbocycles. The summed E-state index contributed by atoms with van der Waals surface area (Å²) >= 11 is 0. The Labute approximate surface area is 99.9 Å². The van der Waals surface area contributed by atoms with Gasteiger partial charge < -0.3 is 9.84 Å². The second-order valence-corrected chi connectivity index (χ2v) is 3.41. The molecule has 5 nitrogen and oxygen atoms in total. The molecule has 1 rings (SSSR count). The van der Waals surface area contributed by atoms with Crippen LogP contribution in [0.15, 0.2) is 18.2 Å². The lowest BCUT2D eigenvalue weighted by Gasteiger charge is -2.12. The molecule has 1 aromatic carbocycles. The predicted octanol–water partition coefficient (Wildman–Crippen LogP) is 2.40. The van der Waals surface area contributed by atoms with E-state index in [0.717, 1.165) is 12.1 Å². The first-order valence-corrected chi connectivity index (χ1v) is 4.72. The van der Waals surface area contributed by atoms with Crippen molar-refractivity contribution in [1.29, 1.82) is 0 Å². The Bertz CT molecular complexity index is 447. The van der Waals surface area contributed by atoms with Gasteiger partial charge in [0.05, 0.1) is 4.92 Å². The van der Waals surface area contributed by atoms with Crippen LogP contribution in [0, 0.1) is 17.0 Å². The number of aliphatic hydroxyl groups excluding tert-OH is 1. The largest absolute Gasteiger partial charge is 0.573 e. The Morgan fingerprint density at radius 2 is 2.11 bits per heavy atom. The molecular formula is C10H9F3NO4. The van der Waals surface area contributed by atoms with Gasteiger partial charge in [-0.2, -0.15) is 0 Å². The van der Waals surface area contributed by atoms with Gasteiger partial charge in [-0.05, 0) is 18.6 Å². The smallest absolute Gasteiger partial charge is 0.398 e. The Balaban J connectivity index is 3.17. The minimum Gasteiger partial charge on any atom is -0.398 e. The first kappa shape index (κ1) is 14.2. The summed E-state index contributed by atoms with van der Waals surface area (Å²) in [7, 11) is 0. The van der Waals surface area contributed by atoms with Crippen LogP contribution < -0.4 is 4.74 Å². The number of aliphatic hydroxyl groups is 1. The summed E-state index contributed by atoms with van der Waals surface area (Å²) in [5.41, 5.74) is -0.578. The number of nitro groups is 1. The van der Waals surface area contributed by atoms with E-state index in [4.69, 9.17) is 5.11 Å². The van der Waals surface area contributed by atoms with Gasteiger partial charge in [-0.25, -0.2) is 0 Å². The van der Waals surface area contributed by atoms with Crippen molar-refractivity contribution < 1.29 is 27.9 Å². The van der Waals surface area contributed by atoms with E-state index in [9.17, 15) is 23.3 Å². The van der Waals surface area contributed by atoms with Crippen LogP contribution in [0.25, 0.3) is 0 Å². The molecule has 8 heteroatoms. The van der Waals surface area contributed by atoms with Crippen molar-refractivity contribution >= 4 is 5.69 Å². The molecule has 0 saturated heterocycles. The van der Waals surface area contributed by atoms with Gasteiger partial charge in [0.15, 0.2) is 0 Å². The minimum absolute atomic E-state index is 0.249. The highest BCUT2D eigenvalue weighted by molar-refractivity contribution is 5.49. The zero-order chi connectivity index (χ0) is 13.9. The van der Waals surface area contributed by atoms with Crippen molar-refractivity contribution in [1.82, 2.24) is 0 Å². The van der Waals surface area contributed by atoms with Crippen molar-refractivity contribution in [2.45, 2.75) is 12.3 Å². The predicted molar refractivity (Wildman–Crippen MR) is 55.0 cm³/mol. The summed E-state index contributed by atoms with van der Waals surface area (Å²) < 4.78 is 39.6. The Morgan fingerprint density at radius 3 is 2.56 bits per heavy atom. The molecule has 0 amide bonds. The van der Waals surface area contributed by atoms with E-state index in [0.29, 0.717) is 0 Å². The third-order valence-corrected chi connectivity index (χ3v) is 2.10. The van der Waals surface area contributed by atoms with Crippen LogP contribution in [0.3, 0.4) is 0 Å². The van der Waals surface area contributed by atoms with E-state index in [1.165, 1.54) is 6.07 Å². The van der Waals surface area contributed by atoms with Crippen LogP contribution in [0.2, 0.25) is 0 Å². The lowest BCUT2D eigenvalue weighted by molar-refractivity contribution is -0.388. The molecule has 0 aliphatic heterocycles. The standard InChI is InChI=1S/C10H9F3NO4/c1-6(5-15)7-2-3-9(18-10(11,12)13)8(4-7)14(16)17/h2-4,6,15H,1,5H2. The van der Waals surface area contributed by atoms with Gasteiger partial charge in [0.2, 0.25) is 5.75 Å². The Morgan fingerprint density at radius 1 is 1.50 bits per heavy atom. The van der Waals surface area contributed by atoms with Crippen molar-refractivity contribution in [2.75, 3.05) is 6.61 Å². The second kappa shape index (κ2) is 5.21. The summed E-state index contributed by atoms with van der Waals surface area (Å²) in [6.45, 7) is 3.12. The number of nitrogens with zero attached hydrogens (tertiary/aromatic N) is 1. The topological polar surface area (TPSA) is 72.6 Å². The van der Waals surface area contributed by atoms with E-state index in [1.54, 1.807) is 0 Å². The van der Waals surface area contributed by atoms with Crippen LogP contribution in [0.5, 0.6) is 5.75 Å². The highest BCUT2D eigenvalue weighted by Crippen LogP contribution is 2.34. The molecule has 0 fully saturated rings. The van der Waals surface area contributed by atoms with Crippen LogP contribution in [0.1, 0.15) is 11.5 Å². The Kier molecular flexibility index (Phi) is 4.12. The minimum atomic E-state index is -5.01. The van der Waals surface area contributed by atoms with E-state index in [1.807, 2.05) is 0 Å². The number of nitro benzene ring substituents is 1. The summed E-state index contributed by atoms with van der Waals surface area (Å²) in [4.78, 5) is 9.65. The van der Waals surface area contributed by atoms with Gasteiger partial charge in [0.1, 0.15) is 0 Å². The van der Waals surface area contributed by atoms with Gasteiger partial charge in [-0.1, -0.05) is 6.07 Å². The van der Waals surface area contributed by atoms with Crippen LogP contribution in [0.4, 0.5) is 18.9 Å². The molecule has 1 aromatic rings. The highest BCUT2D eigenvalue weighted by atomic mass is 19.4. The molecular weight excluding hydrogens is 255 g/mol. The normalized spacial score (nSPS) is 13.2. The number of hydrogen-bond donors (Lipinski definition) is 1. The molecule has 99 valence electrons. The summed E-state index contributed by atoms with van der Waals surface area (Å²) in [6, 6.07) is 2.91. The number of rotatable bonds is 4. The fourth-order valence-corrected chi connectivity index (χ4v) is 1.25. The van der Waals surface area contributed by atoms with Gasteiger partial charge in [0, 0.05) is 18.6 Å². The quantitative estimate of drug-likeness (QED) is 0.669. The number of alkyl halides is 3. The van der Waals surface area contributed by atoms with Crippen molar-refractivity contribution in [2.24, 2.45) is 0 Å². The lowest BCUT2D eigenvalue weighted by Crippen LogP contribution is -2.18. The molecule has 0 spiro atoms. The summed E-state index contributed by atoms with van der Waals surface area (Å²) in [6.07, 6.45) is -5.01. The van der Waals surface area contributed by atoms with Crippen molar-refractivity contribution in [3.63, 3.8) is 0 Å². The van der Waals surface area contributed by atoms with Gasteiger partial charge in [-0.3, -0.25) is 10.1 Å². The molecule has 0 bridgehead atoms.